The Balaban J connectivity index is 1.57. The van der Waals surface area contributed by atoms with Gasteiger partial charge in [-0.25, -0.2) is 17.2 Å². The first-order valence-corrected chi connectivity index (χ1v) is 12.9. The zero-order valence-corrected chi connectivity index (χ0v) is 21.3. The Kier molecular flexibility index (Phi) is 7.83. The summed E-state index contributed by atoms with van der Waals surface area (Å²) in [7, 11) is -4.20. The molecule has 7 nitrogen and oxygen atoms in total. The molecule has 0 atom stereocenters. The van der Waals surface area contributed by atoms with Crippen LogP contribution in [0.4, 0.5) is 20.2 Å². The van der Waals surface area contributed by atoms with E-state index in [1.54, 1.807) is 24.3 Å². The Morgan fingerprint density at radius 3 is 2.29 bits per heavy atom. The molecule has 1 amide bonds. The standard InChI is InChI=1S/C26H15Cl2F2N3O4S/c27-16-5-10-23(19(12-16)26(34)32-24-13-21(29)15(14-31)11-22(24)30)33-38(35,36)18-8-6-17(7-9-18)37-25-4-2-1-3-20(25)28/h1-13,33H,(H,32,34). The van der Waals surface area contributed by atoms with Crippen LogP contribution in [0.15, 0.2) is 83.8 Å². The van der Waals surface area contributed by atoms with Crippen molar-refractivity contribution in [3.05, 3.63) is 112 Å². The van der Waals surface area contributed by atoms with Gasteiger partial charge in [-0.2, -0.15) is 5.26 Å². The number of hydrogen-bond acceptors (Lipinski definition) is 5. The van der Waals surface area contributed by atoms with Gasteiger partial charge in [-0.05, 0) is 60.7 Å². The molecule has 0 radical (unpaired) electrons. The number of carbonyl (C=O) groups is 1. The molecule has 0 aliphatic heterocycles. The fourth-order valence-corrected chi connectivity index (χ4v) is 4.68. The number of para-hydroxylation sites is 1. The number of nitrogens with zero attached hydrogens (tertiary/aromatic N) is 1. The summed E-state index contributed by atoms with van der Waals surface area (Å²) in [6.07, 6.45) is 0. The number of carbonyl (C=O) groups excluding carboxylic acids is 1. The van der Waals surface area contributed by atoms with Gasteiger partial charge in [0.1, 0.15) is 29.2 Å². The number of nitrogens with one attached hydrogen (secondary N) is 2. The average Bonchev–Trinajstić information content (AvgIpc) is 2.88. The first-order valence-electron chi connectivity index (χ1n) is 10.6. The minimum Gasteiger partial charge on any atom is -0.456 e. The number of halogens is 4. The second kappa shape index (κ2) is 11.1. The summed E-state index contributed by atoms with van der Waals surface area (Å²) in [4.78, 5) is 12.7. The van der Waals surface area contributed by atoms with E-state index in [4.69, 9.17) is 33.2 Å². The number of amides is 1. The largest absolute Gasteiger partial charge is 0.456 e. The van der Waals surface area contributed by atoms with Crippen molar-refractivity contribution in [2.24, 2.45) is 0 Å². The normalized spacial score (nSPS) is 10.9. The molecular weight excluding hydrogens is 559 g/mol. The maximum absolute atomic E-state index is 14.3. The molecule has 0 aliphatic carbocycles. The zero-order chi connectivity index (χ0) is 27.4. The van der Waals surface area contributed by atoms with Crippen molar-refractivity contribution in [3.63, 3.8) is 0 Å². The summed E-state index contributed by atoms with van der Waals surface area (Å²) in [5.74, 6) is -2.35. The second-order valence-corrected chi connectivity index (χ2v) is 10.2. The fourth-order valence-electron chi connectivity index (χ4n) is 3.26. The van der Waals surface area contributed by atoms with Gasteiger partial charge in [0.25, 0.3) is 15.9 Å². The van der Waals surface area contributed by atoms with Crippen LogP contribution in [0, 0.1) is 23.0 Å². The molecule has 0 aromatic heterocycles. The van der Waals surface area contributed by atoms with Crippen LogP contribution in [0.2, 0.25) is 10.0 Å². The number of anilines is 2. The molecule has 0 spiro atoms. The third-order valence-electron chi connectivity index (χ3n) is 5.09. The van der Waals surface area contributed by atoms with Crippen LogP contribution in [-0.4, -0.2) is 14.3 Å². The van der Waals surface area contributed by atoms with Crippen LogP contribution < -0.4 is 14.8 Å². The maximum Gasteiger partial charge on any atom is 0.261 e. The molecule has 0 unspecified atom stereocenters. The lowest BCUT2D eigenvalue weighted by atomic mass is 10.1. The van der Waals surface area contributed by atoms with E-state index in [1.807, 2.05) is 0 Å². The summed E-state index contributed by atoms with van der Waals surface area (Å²) in [5.41, 5.74) is -1.52. The Morgan fingerprint density at radius 1 is 0.895 bits per heavy atom. The molecule has 4 rings (SSSR count). The molecule has 192 valence electrons. The Hall–Kier alpha value is -4.17. The fraction of sp³-hybridized carbons (Fsp3) is 0. The monoisotopic (exact) mass is 573 g/mol. The molecule has 0 saturated carbocycles. The van der Waals surface area contributed by atoms with Crippen molar-refractivity contribution < 1.29 is 26.7 Å². The predicted octanol–water partition coefficient (Wildman–Crippen LogP) is 6.99. The highest BCUT2D eigenvalue weighted by atomic mass is 35.5. The Labute approximate surface area is 226 Å². The molecular formula is C26H15Cl2F2N3O4S. The molecule has 2 N–H and O–H groups in total. The molecule has 38 heavy (non-hydrogen) atoms. The lowest BCUT2D eigenvalue weighted by Gasteiger charge is -2.14. The number of hydrogen-bond donors (Lipinski definition) is 2. The van der Waals surface area contributed by atoms with Gasteiger partial charge >= 0.3 is 0 Å². The molecule has 0 bridgehead atoms. The predicted molar refractivity (Wildman–Crippen MR) is 139 cm³/mol. The van der Waals surface area contributed by atoms with E-state index in [1.165, 1.54) is 42.5 Å². The Morgan fingerprint density at radius 2 is 1.61 bits per heavy atom. The number of benzene rings is 4. The highest BCUT2D eigenvalue weighted by Crippen LogP contribution is 2.30. The van der Waals surface area contributed by atoms with Gasteiger partial charge in [0.05, 0.1) is 32.4 Å². The van der Waals surface area contributed by atoms with E-state index in [2.05, 4.69) is 10.0 Å². The minimum absolute atomic E-state index is 0.0886. The molecule has 0 fully saturated rings. The van der Waals surface area contributed by atoms with Crippen LogP contribution in [0.25, 0.3) is 0 Å². The summed E-state index contributed by atoms with van der Waals surface area (Å²) in [6.45, 7) is 0. The number of rotatable bonds is 7. The van der Waals surface area contributed by atoms with Crippen molar-refractivity contribution in [2.75, 3.05) is 10.0 Å². The van der Waals surface area contributed by atoms with E-state index >= 15 is 0 Å². The third-order valence-corrected chi connectivity index (χ3v) is 7.02. The number of sulfonamides is 1. The van der Waals surface area contributed by atoms with Gasteiger partial charge in [-0.1, -0.05) is 35.3 Å². The van der Waals surface area contributed by atoms with Crippen LogP contribution in [0.3, 0.4) is 0 Å². The van der Waals surface area contributed by atoms with E-state index in [-0.39, 0.29) is 21.2 Å². The van der Waals surface area contributed by atoms with Crippen LogP contribution >= 0.6 is 23.2 Å². The molecule has 12 heteroatoms. The van der Waals surface area contributed by atoms with Crippen molar-refractivity contribution in [2.45, 2.75) is 4.90 Å². The van der Waals surface area contributed by atoms with Crippen molar-refractivity contribution in [1.82, 2.24) is 0 Å². The molecule has 0 heterocycles. The van der Waals surface area contributed by atoms with Gasteiger partial charge in [0.15, 0.2) is 0 Å². The summed E-state index contributed by atoms with van der Waals surface area (Å²) in [6, 6.07) is 18.7. The third kappa shape index (κ3) is 6.03. The van der Waals surface area contributed by atoms with Crippen molar-refractivity contribution in [3.8, 4) is 17.6 Å². The van der Waals surface area contributed by atoms with Gasteiger partial charge in [-0.3, -0.25) is 9.52 Å². The van der Waals surface area contributed by atoms with E-state index in [0.29, 0.717) is 28.7 Å². The average molecular weight is 574 g/mol. The van der Waals surface area contributed by atoms with Gasteiger partial charge in [0.2, 0.25) is 0 Å². The smallest absolute Gasteiger partial charge is 0.261 e. The van der Waals surface area contributed by atoms with E-state index in [0.717, 1.165) is 6.07 Å². The van der Waals surface area contributed by atoms with E-state index < -0.39 is 38.8 Å². The minimum atomic E-state index is -4.20. The number of nitriles is 1. The highest BCUT2D eigenvalue weighted by Gasteiger charge is 2.21. The molecule has 4 aromatic carbocycles. The topological polar surface area (TPSA) is 108 Å². The summed E-state index contributed by atoms with van der Waals surface area (Å²) < 4.78 is 62.2. The van der Waals surface area contributed by atoms with Crippen LogP contribution in [0.5, 0.6) is 11.5 Å². The van der Waals surface area contributed by atoms with Crippen molar-refractivity contribution >= 4 is 50.5 Å². The maximum atomic E-state index is 14.3. The molecule has 4 aromatic rings. The molecule has 0 saturated heterocycles. The SMILES string of the molecule is N#Cc1cc(F)c(NC(=O)c2cc(Cl)ccc2NS(=O)(=O)c2ccc(Oc3ccccc3Cl)cc2)cc1F. The van der Waals surface area contributed by atoms with Crippen molar-refractivity contribution in [1.29, 1.82) is 5.26 Å². The number of ether oxygens (including phenoxy) is 1. The van der Waals surface area contributed by atoms with Crippen LogP contribution in [-0.2, 0) is 10.0 Å². The lowest BCUT2D eigenvalue weighted by Crippen LogP contribution is -2.19. The quantitative estimate of drug-likeness (QED) is 0.247. The van der Waals surface area contributed by atoms with Gasteiger partial charge in [0, 0.05) is 11.1 Å². The van der Waals surface area contributed by atoms with E-state index in [9.17, 15) is 22.0 Å². The summed E-state index contributed by atoms with van der Waals surface area (Å²) >= 11 is 12.1. The summed E-state index contributed by atoms with van der Waals surface area (Å²) in [5, 5.41) is 11.4. The van der Waals surface area contributed by atoms with Crippen LogP contribution in [0.1, 0.15) is 15.9 Å². The Bertz CT molecular complexity index is 1690. The lowest BCUT2D eigenvalue weighted by molar-refractivity contribution is 0.102. The first kappa shape index (κ1) is 26.9. The van der Waals surface area contributed by atoms with Gasteiger partial charge in [-0.15, -0.1) is 0 Å². The zero-order valence-electron chi connectivity index (χ0n) is 19.0. The van der Waals surface area contributed by atoms with Gasteiger partial charge < -0.3 is 10.1 Å². The molecule has 0 aliphatic rings. The highest BCUT2D eigenvalue weighted by molar-refractivity contribution is 7.92. The first-order chi connectivity index (χ1) is 18.1. The second-order valence-electron chi connectivity index (χ2n) is 7.68.